The van der Waals surface area contributed by atoms with E-state index in [4.69, 9.17) is 5.11 Å². The van der Waals surface area contributed by atoms with E-state index in [9.17, 15) is 29.1 Å². The van der Waals surface area contributed by atoms with Crippen molar-refractivity contribution in [2.24, 2.45) is 5.92 Å². The highest BCUT2D eigenvalue weighted by Gasteiger charge is 2.32. The van der Waals surface area contributed by atoms with E-state index < -0.39 is 48.3 Å². The number of fused-ring (bicyclic) bond motifs is 1. The predicted octanol–water partition coefficient (Wildman–Crippen LogP) is 0.912. The van der Waals surface area contributed by atoms with Crippen LogP contribution in [0.3, 0.4) is 0 Å². The monoisotopic (exact) mass is 543 g/mol. The summed E-state index contributed by atoms with van der Waals surface area (Å²) in [6.07, 6.45) is 2.86. The minimum absolute atomic E-state index is 0.0411. The predicted molar refractivity (Wildman–Crippen MR) is 143 cm³/mol. The molecule has 3 rings (SSSR count). The summed E-state index contributed by atoms with van der Waals surface area (Å²) in [7, 11) is 0. The average Bonchev–Trinajstić information content (AvgIpc) is 3.56. The Hall–Kier alpha value is -3.93. The number of hydrogen-bond acceptors (Lipinski definition) is 6. The van der Waals surface area contributed by atoms with Gasteiger partial charge in [-0.2, -0.15) is 0 Å². The number of hydrogen-bond donors (Lipinski definition) is 7. The molecule has 2 heterocycles. The Morgan fingerprint density at radius 3 is 2.31 bits per heavy atom. The fraction of sp³-hybridized carbons (Fsp3) is 0.519. The van der Waals surface area contributed by atoms with Crippen molar-refractivity contribution >= 4 is 40.6 Å². The molecule has 12 heteroatoms. The largest absolute Gasteiger partial charge is 0.481 e. The van der Waals surface area contributed by atoms with Crippen LogP contribution in [0.2, 0.25) is 0 Å². The van der Waals surface area contributed by atoms with Gasteiger partial charge in [0, 0.05) is 29.9 Å². The number of para-hydroxylation sites is 1. The topological polar surface area (TPSA) is 190 Å². The summed E-state index contributed by atoms with van der Waals surface area (Å²) in [5.41, 5.74) is 1.56. The number of rotatable bonds is 14. The third-order valence-electron chi connectivity index (χ3n) is 6.71. The molecule has 12 nitrogen and oxygen atoms in total. The molecule has 39 heavy (non-hydrogen) atoms. The summed E-state index contributed by atoms with van der Waals surface area (Å²) in [5, 5.41) is 30.3. The van der Waals surface area contributed by atoms with Gasteiger partial charge in [-0.1, -0.05) is 32.0 Å². The lowest BCUT2D eigenvalue weighted by Gasteiger charge is -2.26. The van der Waals surface area contributed by atoms with E-state index in [1.54, 1.807) is 6.20 Å². The third-order valence-corrected chi connectivity index (χ3v) is 6.71. The van der Waals surface area contributed by atoms with Crippen LogP contribution in [-0.2, 0) is 30.4 Å². The molecule has 0 saturated carbocycles. The number of nitrogens with one attached hydrogen (secondary N) is 5. The lowest BCUT2D eigenvalue weighted by Crippen LogP contribution is -2.57. The van der Waals surface area contributed by atoms with E-state index in [0.29, 0.717) is 12.8 Å². The van der Waals surface area contributed by atoms with Crippen LogP contribution in [0, 0.1) is 5.92 Å². The maximum Gasteiger partial charge on any atom is 0.326 e. The first-order valence-electron chi connectivity index (χ1n) is 13.2. The summed E-state index contributed by atoms with van der Waals surface area (Å²) in [5.74, 6) is -4.12. The Kier molecular flexibility index (Phi) is 10.4. The van der Waals surface area contributed by atoms with Crippen LogP contribution in [0.25, 0.3) is 10.9 Å². The van der Waals surface area contributed by atoms with Crippen molar-refractivity contribution in [3.8, 4) is 0 Å². The molecular weight excluding hydrogens is 506 g/mol. The molecule has 2 aromatic rings. The van der Waals surface area contributed by atoms with Crippen LogP contribution >= 0.6 is 0 Å². The molecule has 1 aromatic heterocycles. The van der Waals surface area contributed by atoms with Gasteiger partial charge in [-0.05, 0) is 49.8 Å². The van der Waals surface area contributed by atoms with Crippen LogP contribution in [0.15, 0.2) is 30.5 Å². The first-order chi connectivity index (χ1) is 18.5. The van der Waals surface area contributed by atoms with E-state index in [2.05, 4.69) is 26.3 Å². The smallest absolute Gasteiger partial charge is 0.326 e. The lowest BCUT2D eigenvalue weighted by molar-refractivity contribution is -0.143. The highest BCUT2D eigenvalue weighted by molar-refractivity contribution is 5.95. The van der Waals surface area contributed by atoms with Crippen molar-refractivity contribution in [3.63, 3.8) is 0 Å². The zero-order valence-electron chi connectivity index (χ0n) is 22.2. The standard InChI is InChI=1S/C27H37N5O7/c1-15(2)12-21(31-24(35)19-8-5-11-28-19)25(36)32-22(13-16-14-29-18-7-4-3-6-17(16)18)26(37)30-20(27(38)39)9-10-23(33)34/h3-4,6-7,14-15,19-22,28-29H,5,8-13H2,1-2H3,(H,30,37)(H,31,35)(H,32,36)(H,33,34)(H,38,39). The molecule has 1 aromatic carbocycles. The number of carbonyl (C=O) groups excluding carboxylic acids is 3. The summed E-state index contributed by atoms with van der Waals surface area (Å²) in [6, 6.07) is 3.50. The fourth-order valence-electron chi connectivity index (χ4n) is 4.68. The van der Waals surface area contributed by atoms with Crippen molar-refractivity contribution in [2.45, 2.75) is 76.5 Å². The quantitative estimate of drug-likeness (QED) is 0.183. The van der Waals surface area contributed by atoms with E-state index in [0.717, 1.165) is 29.4 Å². The van der Waals surface area contributed by atoms with Crippen LogP contribution in [-0.4, -0.2) is 75.6 Å². The molecule has 0 aliphatic carbocycles. The zero-order chi connectivity index (χ0) is 28.5. The molecule has 0 bridgehead atoms. The van der Waals surface area contributed by atoms with Crippen molar-refractivity contribution in [3.05, 3.63) is 36.0 Å². The maximum absolute atomic E-state index is 13.4. The van der Waals surface area contributed by atoms with Gasteiger partial charge in [0.15, 0.2) is 0 Å². The van der Waals surface area contributed by atoms with E-state index in [-0.39, 0.29) is 30.7 Å². The van der Waals surface area contributed by atoms with Gasteiger partial charge in [0.05, 0.1) is 6.04 Å². The number of benzene rings is 1. The fourth-order valence-corrected chi connectivity index (χ4v) is 4.68. The summed E-state index contributed by atoms with van der Waals surface area (Å²) >= 11 is 0. The minimum Gasteiger partial charge on any atom is -0.481 e. The van der Waals surface area contributed by atoms with E-state index >= 15 is 0 Å². The van der Waals surface area contributed by atoms with Crippen molar-refractivity contribution in [2.75, 3.05) is 6.54 Å². The molecule has 3 amide bonds. The minimum atomic E-state index is -1.45. The molecule has 4 atom stereocenters. The zero-order valence-corrected chi connectivity index (χ0v) is 22.2. The molecule has 212 valence electrons. The normalized spacial score (nSPS) is 17.4. The molecular formula is C27H37N5O7. The third kappa shape index (κ3) is 8.54. The van der Waals surface area contributed by atoms with Gasteiger partial charge in [-0.15, -0.1) is 0 Å². The second-order valence-corrected chi connectivity index (χ2v) is 10.3. The van der Waals surface area contributed by atoms with Crippen LogP contribution in [0.5, 0.6) is 0 Å². The van der Waals surface area contributed by atoms with Crippen molar-refractivity contribution < 1.29 is 34.2 Å². The number of aromatic nitrogens is 1. The van der Waals surface area contributed by atoms with Crippen LogP contribution in [0.4, 0.5) is 0 Å². The molecule has 4 unspecified atom stereocenters. The van der Waals surface area contributed by atoms with Gasteiger partial charge in [0.1, 0.15) is 18.1 Å². The number of aromatic amines is 1. The number of aliphatic carboxylic acids is 2. The van der Waals surface area contributed by atoms with Crippen LogP contribution in [0.1, 0.15) is 51.5 Å². The highest BCUT2D eigenvalue weighted by Crippen LogP contribution is 2.20. The van der Waals surface area contributed by atoms with Gasteiger partial charge in [0.2, 0.25) is 17.7 Å². The molecule has 1 fully saturated rings. The summed E-state index contributed by atoms with van der Waals surface area (Å²) in [6.45, 7) is 4.55. The molecule has 0 spiro atoms. The molecule has 7 N–H and O–H groups in total. The van der Waals surface area contributed by atoms with Gasteiger partial charge in [-0.25, -0.2) is 4.79 Å². The van der Waals surface area contributed by atoms with Crippen molar-refractivity contribution in [1.82, 2.24) is 26.3 Å². The number of carboxylic acid groups (broad SMARTS) is 2. The SMILES string of the molecule is CC(C)CC(NC(=O)C1CCCN1)C(=O)NC(Cc1c[nH]c2ccccc12)C(=O)NC(CCC(=O)O)C(=O)O. The summed E-state index contributed by atoms with van der Waals surface area (Å²) < 4.78 is 0. The van der Waals surface area contributed by atoms with Gasteiger partial charge in [0.25, 0.3) is 0 Å². The van der Waals surface area contributed by atoms with Gasteiger partial charge in [-0.3, -0.25) is 19.2 Å². The summed E-state index contributed by atoms with van der Waals surface area (Å²) in [4.78, 5) is 65.3. The number of H-pyrrole nitrogens is 1. The second-order valence-electron chi connectivity index (χ2n) is 10.3. The molecule has 1 aliphatic heterocycles. The van der Waals surface area contributed by atoms with E-state index in [1.165, 1.54) is 0 Å². The molecule has 1 aliphatic rings. The first-order valence-corrected chi connectivity index (χ1v) is 13.2. The number of carboxylic acids is 2. The molecule has 0 radical (unpaired) electrons. The Labute approximate surface area is 226 Å². The Balaban J connectivity index is 1.82. The van der Waals surface area contributed by atoms with E-state index in [1.807, 2.05) is 38.1 Å². The highest BCUT2D eigenvalue weighted by atomic mass is 16.4. The van der Waals surface area contributed by atoms with Gasteiger partial charge < -0.3 is 36.5 Å². The Bertz CT molecular complexity index is 1190. The maximum atomic E-state index is 13.4. The molecule has 1 saturated heterocycles. The number of amides is 3. The lowest BCUT2D eigenvalue weighted by atomic mass is 10.00. The number of carbonyl (C=O) groups is 5. The first kappa shape index (κ1) is 29.6. The Morgan fingerprint density at radius 1 is 0.974 bits per heavy atom. The van der Waals surface area contributed by atoms with Crippen molar-refractivity contribution in [1.29, 1.82) is 0 Å². The van der Waals surface area contributed by atoms with Crippen LogP contribution < -0.4 is 21.3 Å². The van der Waals surface area contributed by atoms with Gasteiger partial charge >= 0.3 is 11.9 Å². The average molecular weight is 544 g/mol. The Morgan fingerprint density at radius 2 is 1.67 bits per heavy atom. The second kappa shape index (κ2) is 13.7.